The van der Waals surface area contributed by atoms with Gasteiger partial charge in [0.25, 0.3) is 0 Å². The average Bonchev–Trinajstić information content (AvgIpc) is 2.53. The van der Waals surface area contributed by atoms with E-state index in [-0.39, 0.29) is 18.9 Å². The smallest absolute Gasteiger partial charge is 0.217 e. The predicted molar refractivity (Wildman–Crippen MR) is 99.5 cm³/mol. The van der Waals surface area contributed by atoms with Gasteiger partial charge >= 0.3 is 0 Å². The van der Waals surface area contributed by atoms with Crippen molar-refractivity contribution in [1.82, 2.24) is 10.6 Å². The summed E-state index contributed by atoms with van der Waals surface area (Å²) in [5.74, 6) is -1.70. The van der Waals surface area contributed by atoms with Gasteiger partial charge in [-0.3, -0.25) is 4.79 Å². The normalized spacial score (nSPS) is 13.3. The van der Waals surface area contributed by atoms with Crippen molar-refractivity contribution in [2.24, 2.45) is 0 Å². The SMILES string of the molecule is CC(=O)NC(Cc1cc(F)cc(F)c1)[C@@H](O)CNCc1cccc(Br)c1. The first kappa shape index (κ1) is 20.5. The third kappa shape index (κ3) is 6.82. The second-order valence-corrected chi connectivity index (χ2v) is 7.03. The van der Waals surface area contributed by atoms with Crippen molar-refractivity contribution in [3.63, 3.8) is 0 Å². The van der Waals surface area contributed by atoms with Crippen LogP contribution in [0.25, 0.3) is 0 Å². The van der Waals surface area contributed by atoms with Gasteiger partial charge in [0.1, 0.15) is 11.6 Å². The van der Waals surface area contributed by atoms with Crippen LogP contribution in [0, 0.1) is 11.6 Å². The number of carbonyl (C=O) groups excluding carboxylic acids is 1. The lowest BCUT2D eigenvalue weighted by atomic mass is 10.0. The standard InChI is InChI=1S/C19H21BrF2N2O2/c1-12(25)24-18(8-14-6-16(21)9-17(22)7-14)19(26)11-23-10-13-3-2-4-15(20)5-13/h2-7,9,18-19,23,26H,8,10-11H2,1H3,(H,24,25)/t18?,19-/m0/s1. The molecule has 0 bridgehead atoms. The van der Waals surface area contributed by atoms with E-state index in [9.17, 15) is 18.7 Å². The van der Waals surface area contributed by atoms with Crippen molar-refractivity contribution < 1.29 is 18.7 Å². The molecule has 7 heteroatoms. The van der Waals surface area contributed by atoms with Crippen LogP contribution in [0.1, 0.15) is 18.1 Å². The maximum absolute atomic E-state index is 13.4. The van der Waals surface area contributed by atoms with Gasteiger partial charge in [-0.2, -0.15) is 0 Å². The summed E-state index contributed by atoms with van der Waals surface area (Å²) >= 11 is 3.40. The van der Waals surface area contributed by atoms with E-state index in [1.54, 1.807) is 0 Å². The summed E-state index contributed by atoms with van der Waals surface area (Å²) in [6.07, 6.45) is -0.800. The van der Waals surface area contributed by atoms with Crippen molar-refractivity contribution in [3.8, 4) is 0 Å². The number of hydrogen-bond acceptors (Lipinski definition) is 3. The number of amides is 1. The van der Waals surface area contributed by atoms with Crippen LogP contribution in [0.4, 0.5) is 8.78 Å². The Bertz CT molecular complexity index is 738. The molecule has 0 aliphatic carbocycles. The summed E-state index contributed by atoms with van der Waals surface area (Å²) in [4.78, 5) is 11.4. The van der Waals surface area contributed by atoms with Crippen LogP contribution in [0.3, 0.4) is 0 Å². The van der Waals surface area contributed by atoms with E-state index >= 15 is 0 Å². The van der Waals surface area contributed by atoms with Gasteiger partial charge in [0, 0.05) is 30.6 Å². The molecule has 26 heavy (non-hydrogen) atoms. The van der Waals surface area contributed by atoms with Gasteiger partial charge in [0.15, 0.2) is 0 Å². The number of nitrogens with one attached hydrogen (secondary N) is 2. The van der Waals surface area contributed by atoms with Gasteiger partial charge in [-0.15, -0.1) is 0 Å². The zero-order chi connectivity index (χ0) is 19.1. The van der Waals surface area contributed by atoms with E-state index in [0.29, 0.717) is 12.1 Å². The van der Waals surface area contributed by atoms with Crippen LogP contribution in [0.2, 0.25) is 0 Å². The second kappa shape index (κ2) is 9.75. The van der Waals surface area contributed by atoms with Crippen molar-refractivity contribution in [2.75, 3.05) is 6.54 Å². The van der Waals surface area contributed by atoms with Crippen molar-refractivity contribution in [1.29, 1.82) is 0 Å². The number of rotatable bonds is 8. The molecule has 1 unspecified atom stereocenters. The molecule has 0 aromatic heterocycles. The lowest BCUT2D eigenvalue weighted by Crippen LogP contribution is -2.48. The molecule has 2 aromatic carbocycles. The topological polar surface area (TPSA) is 61.4 Å². The number of aliphatic hydroxyl groups is 1. The minimum atomic E-state index is -0.919. The fraction of sp³-hybridized carbons (Fsp3) is 0.316. The van der Waals surface area contributed by atoms with Gasteiger partial charge in [-0.25, -0.2) is 8.78 Å². The van der Waals surface area contributed by atoms with Crippen LogP contribution < -0.4 is 10.6 Å². The number of carbonyl (C=O) groups is 1. The van der Waals surface area contributed by atoms with Crippen LogP contribution >= 0.6 is 15.9 Å². The first-order chi connectivity index (χ1) is 12.3. The Hall–Kier alpha value is -1.83. The summed E-state index contributed by atoms with van der Waals surface area (Å²) in [5.41, 5.74) is 1.40. The third-order valence-electron chi connectivity index (χ3n) is 3.80. The number of aliphatic hydroxyl groups excluding tert-OH is 1. The molecule has 0 aliphatic heterocycles. The predicted octanol–water partition coefficient (Wildman–Crippen LogP) is 2.93. The Balaban J connectivity index is 1.97. The monoisotopic (exact) mass is 426 g/mol. The second-order valence-electron chi connectivity index (χ2n) is 6.12. The number of hydrogen-bond donors (Lipinski definition) is 3. The van der Waals surface area contributed by atoms with E-state index < -0.39 is 23.8 Å². The van der Waals surface area contributed by atoms with Gasteiger partial charge in [0.2, 0.25) is 5.91 Å². The molecule has 4 nitrogen and oxygen atoms in total. The van der Waals surface area contributed by atoms with Crippen LogP contribution in [-0.2, 0) is 17.8 Å². The van der Waals surface area contributed by atoms with Gasteiger partial charge in [0.05, 0.1) is 12.1 Å². The molecule has 2 aromatic rings. The van der Waals surface area contributed by atoms with Crippen molar-refractivity contribution in [2.45, 2.75) is 32.0 Å². The van der Waals surface area contributed by atoms with Gasteiger partial charge in [-0.1, -0.05) is 28.1 Å². The molecule has 1 amide bonds. The Labute approximate surface area is 159 Å². The summed E-state index contributed by atoms with van der Waals surface area (Å²) in [7, 11) is 0. The van der Waals surface area contributed by atoms with E-state index in [2.05, 4.69) is 26.6 Å². The van der Waals surface area contributed by atoms with Crippen LogP contribution in [-0.4, -0.2) is 29.7 Å². The largest absolute Gasteiger partial charge is 0.390 e. The molecule has 0 fully saturated rings. The quantitative estimate of drug-likeness (QED) is 0.607. The maximum atomic E-state index is 13.4. The maximum Gasteiger partial charge on any atom is 0.217 e. The molecule has 0 aliphatic rings. The molecular formula is C19H21BrF2N2O2. The highest BCUT2D eigenvalue weighted by molar-refractivity contribution is 9.10. The molecule has 0 radical (unpaired) electrons. The fourth-order valence-corrected chi connectivity index (χ4v) is 3.13. The van der Waals surface area contributed by atoms with Crippen LogP contribution in [0.5, 0.6) is 0 Å². The third-order valence-corrected chi connectivity index (χ3v) is 4.30. The highest BCUT2D eigenvalue weighted by atomic mass is 79.9. The Morgan fingerprint density at radius 1 is 1.15 bits per heavy atom. The zero-order valence-corrected chi connectivity index (χ0v) is 15.9. The Kier molecular flexibility index (Phi) is 7.68. The summed E-state index contributed by atoms with van der Waals surface area (Å²) < 4.78 is 27.7. The number of benzene rings is 2. The first-order valence-electron chi connectivity index (χ1n) is 8.19. The Morgan fingerprint density at radius 2 is 1.85 bits per heavy atom. The lowest BCUT2D eigenvalue weighted by molar-refractivity contribution is -0.120. The first-order valence-corrected chi connectivity index (χ1v) is 8.98. The molecule has 2 atom stereocenters. The average molecular weight is 427 g/mol. The van der Waals surface area contributed by atoms with Crippen molar-refractivity contribution >= 4 is 21.8 Å². The summed E-state index contributed by atoms with van der Waals surface area (Å²) in [6.45, 7) is 2.09. The molecule has 0 saturated heterocycles. The van der Waals surface area contributed by atoms with Gasteiger partial charge in [-0.05, 0) is 41.8 Å². The minimum Gasteiger partial charge on any atom is -0.390 e. The summed E-state index contributed by atoms with van der Waals surface area (Å²) in [5, 5.41) is 16.2. The van der Waals surface area contributed by atoms with E-state index in [4.69, 9.17) is 0 Å². The highest BCUT2D eigenvalue weighted by Gasteiger charge is 2.21. The van der Waals surface area contributed by atoms with Crippen molar-refractivity contribution in [3.05, 3.63) is 69.7 Å². The van der Waals surface area contributed by atoms with E-state index in [0.717, 1.165) is 16.1 Å². The molecule has 140 valence electrons. The molecule has 0 heterocycles. The van der Waals surface area contributed by atoms with E-state index in [1.807, 2.05) is 24.3 Å². The molecule has 0 saturated carbocycles. The summed E-state index contributed by atoms with van der Waals surface area (Å²) in [6, 6.07) is 10.3. The van der Waals surface area contributed by atoms with Gasteiger partial charge < -0.3 is 15.7 Å². The molecule has 3 N–H and O–H groups in total. The Morgan fingerprint density at radius 3 is 2.46 bits per heavy atom. The van der Waals surface area contributed by atoms with E-state index in [1.165, 1.54) is 19.1 Å². The molecule has 2 rings (SSSR count). The minimum absolute atomic E-state index is 0.119. The fourth-order valence-electron chi connectivity index (χ4n) is 2.68. The van der Waals surface area contributed by atoms with Crippen LogP contribution in [0.15, 0.2) is 46.9 Å². The lowest BCUT2D eigenvalue weighted by Gasteiger charge is -2.24. The highest BCUT2D eigenvalue weighted by Crippen LogP contribution is 2.13. The molecule has 0 spiro atoms. The zero-order valence-electron chi connectivity index (χ0n) is 14.3. The number of halogens is 3. The molecular weight excluding hydrogens is 406 g/mol.